The molecule has 1 fully saturated rings. The molecule has 6 nitrogen and oxygen atoms in total. The topological polar surface area (TPSA) is 95.0 Å². The molecule has 0 bridgehead atoms. The first-order valence-electron chi connectivity index (χ1n) is 8.55. The van der Waals surface area contributed by atoms with Gasteiger partial charge in [-0.15, -0.1) is 0 Å². The van der Waals surface area contributed by atoms with Crippen molar-refractivity contribution in [3.05, 3.63) is 36.0 Å². The van der Waals surface area contributed by atoms with Crippen LogP contribution in [0.4, 0.5) is 0 Å². The predicted molar refractivity (Wildman–Crippen MR) is 92.5 cm³/mol. The van der Waals surface area contributed by atoms with Crippen LogP contribution in [0.5, 0.6) is 0 Å². The molecule has 0 saturated heterocycles. The molecule has 1 aliphatic carbocycles. The predicted octanol–water partition coefficient (Wildman–Crippen LogP) is 2.60. The molecule has 1 saturated carbocycles. The maximum Gasteiger partial charge on any atom is 0.310 e. The van der Waals surface area contributed by atoms with Crippen LogP contribution in [0.1, 0.15) is 37.7 Å². The van der Waals surface area contributed by atoms with E-state index in [1.54, 1.807) is 6.20 Å². The summed E-state index contributed by atoms with van der Waals surface area (Å²) in [5.41, 5.74) is 0.983. The molecule has 1 aliphatic rings. The van der Waals surface area contributed by atoms with Crippen LogP contribution in [0.3, 0.4) is 0 Å². The van der Waals surface area contributed by atoms with E-state index in [4.69, 9.17) is 4.74 Å². The standard InChI is InChI=1S/C19H21N3O3/c20-13-19(8-4-1-5-9-19)22-17(23)12-25-18(24)10-14-11-21-16-7-3-2-6-15(14)16/h2-3,6-7,11,21H,1,4-5,8-10,12H2,(H,22,23). The zero-order valence-electron chi connectivity index (χ0n) is 14.0. The average Bonchev–Trinajstić information content (AvgIpc) is 3.04. The molecule has 2 N–H and O–H groups in total. The van der Waals surface area contributed by atoms with Crippen molar-refractivity contribution >= 4 is 22.8 Å². The van der Waals surface area contributed by atoms with Gasteiger partial charge in [0.1, 0.15) is 5.54 Å². The van der Waals surface area contributed by atoms with E-state index >= 15 is 0 Å². The lowest BCUT2D eigenvalue weighted by Gasteiger charge is -2.31. The van der Waals surface area contributed by atoms with Crippen molar-refractivity contribution in [3.8, 4) is 6.07 Å². The Morgan fingerprint density at radius 3 is 2.76 bits per heavy atom. The lowest BCUT2D eigenvalue weighted by atomic mass is 9.83. The van der Waals surface area contributed by atoms with Gasteiger partial charge < -0.3 is 15.0 Å². The Bertz CT molecular complexity index is 813. The first-order valence-corrected chi connectivity index (χ1v) is 8.55. The minimum atomic E-state index is -0.807. The fraction of sp³-hybridized carbons (Fsp3) is 0.421. The minimum Gasteiger partial charge on any atom is -0.455 e. The summed E-state index contributed by atoms with van der Waals surface area (Å²) in [4.78, 5) is 27.2. The van der Waals surface area contributed by atoms with Crippen LogP contribution in [0, 0.1) is 11.3 Å². The van der Waals surface area contributed by atoms with Crippen LogP contribution in [-0.4, -0.2) is 29.0 Å². The third-order valence-electron chi connectivity index (χ3n) is 4.67. The monoisotopic (exact) mass is 339 g/mol. The molecule has 0 spiro atoms. The third kappa shape index (κ3) is 4.00. The zero-order chi connectivity index (χ0) is 17.7. The highest BCUT2D eigenvalue weighted by molar-refractivity contribution is 5.88. The number of aromatic amines is 1. The number of carbonyl (C=O) groups is 2. The summed E-state index contributed by atoms with van der Waals surface area (Å²) in [7, 11) is 0. The molecular weight excluding hydrogens is 318 g/mol. The number of aromatic nitrogens is 1. The average molecular weight is 339 g/mol. The number of benzene rings is 1. The lowest BCUT2D eigenvalue weighted by molar-refractivity contribution is -0.148. The summed E-state index contributed by atoms with van der Waals surface area (Å²) in [6.07, 6.45) is 6.11. The Morgan fingerprint density at radius 2 is 2.00 bits per heavy atom. The van der Waals surface area contributed by atoms with Crippen molar-refractivity contribution in [1.29, 1.82) is 5.26 Å². The van der Waals surface area contributed by atoms with Gasteiger partial charge >= 0.3 is 5.97 Å². The number of esters is 1. The molecule has 1 aromatic heterocycles. The van der Waals surface area contributed by atoms with Gasteiger partial charge in [0.05, 0.1) is 12.5 Å². The van der Waals surface area contributed by atoms with Crippen molar-refractivity contribution in [2.45, 2.75) is 44.1 Å². The number of carbonyl (C=O) groups excluding carboxylic acids is 2. The molecule has 0 atom stereocenters. The van der Waals surface area contributed by atoms with Crippen molar-refractivity contribution in [3.63, 3.8) is 0 Å². The maximum atomic E-state index is 12.0. The van der Waals surface area contributed by atoms with Gasteiger partial charge in [-0.25, -0.2) is 0 Å². The highest BCUT2D eigenvalue weighted by atomic mass is 16.5. The van der Waals surface area contributed by atoms with Gasteiger partial charge in [0.15, 0.2) is 6.61 Å². The van der Waals surface area contributed by atoms with E-state index in [9.17, 15) is 14.9 Å². The highest BCUT2D eigenvalue weighted by Crippen LogP contribution is 2.27. The Balaban J connectivity index is 1.52. The van der Waals surface area contributed by atoms with Crippen LogP contribution in [0.25, 0.3) is 10.9 Å². The normalized spacial score (nSPS) is 16.1. The Hall–Kier alpha value is -2.81. The number of ether oxygens (including phenoxy) is 1. The minimum absolute atomic E-state index is 0.0979. The van der Waals surface area contributed by atoms with E-state index in [2.05, 4.69) is 16.4 Å². The summed E-state index contributed by atoms with van der Waals surface area (Å²) in [5.74, 6) is -0.884. The fourth-order valence-corrected chi connectivity index (χ4v) is 3.35. The molecule has 2 aromatic rings. The quantitative estimate of drug-likeness (QED) is 0.819. The number of rotatable bonds is 5. The number of hydrogen-bond acceptors (Lipinski definition) is 4. The lowest BCUT2D eigenvalue weighted by Crippen LogP contribution is -2.50. The second kappa shape index (κ2) is 7.39. The van der Waals surface area contributed by atoms with Crippen molar-refractivity contribution in [2.24, 2.45) is 0 Å². The number of para-hydroxylation sites is 1. The first-order chi connectivity index (χ1) is 12.1. The highest BCUT2D eigenvalue weighted by Gasteiger charge is 2.33. The van der Waals surface area contributed by atoms with Crippen LogP contribution in [-0.2, 0) is 20.7 Å². The van der Waals surface area contributed by atoms with Gasteiger partial charge in [0.2, 0.25) is 0 Å². The zero-order valence-corrected chi connectivity index (χ0v) is 14.0. The smallest absolute Gasteiger partial charge is 0.310 e. The summed E-state index contributed by atoms with van der Waals surface area (Å²) in [6, 6.07) is 9.91. The molecule has 6 heteroatoms. The van der Waals surface area contributed by atoms with Gasteiger partial charge in [0, 0.05) is 17.1 Å². The molecule has 3 rings (SSSR count). The van der Waals surface area contributed by atoms with E-state index in [1.807, 2.05) is 24.3 Å². The van der Waals surface area contributed by atoms with Crippen molar-refractivity contribution in [1.82, 2.24) is 10.3 Å². The summed E-state index contributed by atoms with van der Waals surface area (Å²) in [5, 5.41) is 13.1. The molecule has 0 aliphatic heterocycles. The molecule has 25 heavy (non-hydrogen) atoms. The number of nitrogens with one attached hydrogen (secondary N) is 2. The second-order valence-corrected chi connectivity index (χ2v) is 6.50. The molecule has 1 heterocycles. The largest absolute Gasteiger partial charge is 0.455 e. The number of nitriles is 1. The summed E-state index contributed by atoms with van der Waals surface area (Å²) < 4.78 is 5.08. The van der Waals surface area contributed by atoms with Gasteiger partial charge in [-0.1, -0.05) is 37.5 Å². The van der Waals surface area contributed by atoms with Gasteiger partial charge in [-0.3, -0.25) is 9.59 Å². The van der Waals surface area contributed by atoms with E-state index in [0.29, 0.717) is 12.8 Å². The third-order valence-corrected chi connectivity index (χ3v) is 4.67. The summed E-state index contributed by atoms with van der Waals surface area (Å²) in [6.45, 7) is -0.357. The Labute approximate surface area is 146 Å². The molecule has 1 amide bonds. The number of H-pyrrole nitrogens is 1. The SMILES string of the molecule is N#CC1(NC(=O)COC(=O)Cc2c[nH]c3ccccc23)CCCCC1. The first kappa shape index (κ1) is 17.0. The van der Waals surface area contributed by atoms with Gasteiger partial charge in [0.25, 0.3) is 5.91 Å². The molecule has 0 radical (unpaired) electrons. The molecular formula is C19H21N3O3. The number of fused-ring (bicyclic) bond motifs is 1. The Kier molecular flexibility index (Phi) is 5.03. The van der Waals surface area contributed by atoms with Crippen LogP contribution < -0.4 is 5.32 Å². The van der Waals surface area contributed by atoms with E-state index in [0.717, 1.165) is 35.7 Å². The summed E-state index contributed by atoms with van der Waals surface area (Å²) >= 11 is 0. The van der Waals surface area contributed by atoms with E-state index < -0.39 is 17.4 Å². The maximum absolute atomic E-state index is 12.0. The van der Waals surface area contributed by atoms with Crippen LogP contribution in [0.2, 0.25) is 0 Å². The van der Waals surface area contributed by atoms with Crippen molar-refractivity contribution < 1.29 is 14.3 Å². The molecule has 1 aromatic carbocycles. The second-order valence-electron chi connectivity index (χ2n) is 6.50. The number of nitrogens with zero attached hydrogens (tertiary/aromatic N) is 1. The molecule has 0 unspecified atom stereocenters. The molecule has 130 valence electrons. The number of hydrogen-bond donors (Lipinski definition) is 2. The number of amides is 1. The van der Waals surface area contributed by atoms with E-state index in [-0.39, 0.29) is 13.0 Å². The fourth-order valence-electron chi connectivity index (χ4n) is 3.35. The van der Waals surface area contributed by atoms with Crippen LogP contribution in [0.15, 0.2) is 30.5 Å². The van der Waals surface area contributed by atoms with Gasteiger partial charge in [-0.2, -0.15) is 5.26 Å². The van der Waals surface area contributed by atoms with E-state index in [1.165, 1.54) is 0 Å². The van der Waals surface area contributed by atoms with Crippen molar-refractivity contribution in [2.75, 3.05) is 6.61 Å². The van der Waals surface area contributed by atoms with Gasteiger partial charge in [-0.05, 0) is 24.5 Å². The van der Waals surface area contributed by atoms with Crippen LogP contribution >= 0.6 is 0 Å². The Morgan fingerprint density at radius 1 is 1.24 bits per heavy atom.